The first-order chi connectivity index (χ1) is 9.64. The Morgan fingerprint density at radius 1 is 1.30 bits per heavy atom. The van der Waals surface area contributed by atoms with Gasteiger partial charge in [0, 0.05) is 25.4 Å². The highest BCUT2D eigenvalue weighted by Gasteiger charge is 2.39. The summed E-state index contributed by atoms with van der Waals surface area (Å²) in [5.74, 6) is 4.78. The van der Waals surface area contributed by atoms with E-state index in [1.54, 1.807) is 0 Å². The van der Waals surface area contributed by atoms with Gasteiger partial charge in [-0.3, -0.25) is 4.90 Å². The molecule has 2 aliphatic rings. The van der Waals surface area contributed by atoms with E-state index in [4.69, 9.17) is 0 Å². The van der Waals surface area contributed by atoms with Gasteiger partial charge in [0.05, 0.1) is 6.54 Å². The molecule has 2 fully saturated rings. The molecule has 4 heteroatoms. The molecule has 3 unspecified atom stereocenters. The van der Waals surface area contributed by atoms with Crippen LogP contribution in [0.5, 0.6) is 0 Å². The van der Waals surface area contributed by atoms with Crippen LogP contribution in [0.4, 0.5) is 5.82 Å². The molecule has 1 N–H and O–H groups in total. The highest BCUT2D eigenvalue weighted by Crippen LogP contribution is 2.48. The van der Waals surface area contributed by atoms with Crippen LogP contribution < -0.4 is 5.32 Å². The largest absolute Gasteiger partial charge is 0.373 e. The van der Waals surface area contributed by atoms with Crippen LogP contribution in [0.25, 0.3) is 0 Å². The lowest BCUT2D eigenvalue weighted by Crippen LogP contribution is -2.29. The average Bonchev–Trinajstić information content (AvgIpc) is 2.99. The predicted molar refractivity (Wildman–Crippen MR) is 81.6 cm³/mol. The van der Waals surface area contributed by atoms with Gasteiger partial charge < -0.3 is 5.32 Å². The molecule has 4 nitrogen and oxygen atoms in total. The summed E-state index contributed by atoms with van der Waals surface area (Å²) in [5, 5.41) is 3.11. The maximum atomic E-state index is 4.55. The molecular weight excluding hydrogens is 248 g/mol. The highest BCUT2D eigenvalue weighted by molar-refractivity contribution is 5.34. The van der Waals surface area contributed by atoms with Crippen molar-refractivity contribution >= 4 is 5.82 Å². The van der Waals surface area contributed by atoms with Crippen molar-refractivity contribution in [3.8, 4) is 0 Å². The maximum Gasteiger partial charge on any atom is 0.144 e. The Morgan fingerprint density at radius 3 is 2.80 bits per heavy atom. The number of aromatic nitrogens is 2. The summed E-state index contributed by atoms with van der Waals surface area (Å²) in [6.45, 7) is 4.08. The lowest BCUT2D eigenvalue weighted by atomic mass is 9.88. The van der Waals surface area contributed by atoms with Gasteiger partial charge >= 0.3 is 0 Å². The van der Waals surface area contributed by atoms with Gasteiger partial charge in [0.2, 0.25) is 0 Å². The first-order valence-corrected chi connectivity index (χ1v) is 7.85. The van der Waals surface area contributed by atoms with Crippen LogP contribution in [-0.2, 0) is 6.54 Å². The Bertz CT molecular complexity index is 474. The predicted octanol–water partition coefficient (Wildman–Crippen LogP) is 2.69. The van der Waals surface area contributed by atoms with Crippen molar-refractivity contribution in [3.63, 3.8) is 0 Å². The zero-order chi connectivity index (χ0) is 14.1. The molecule has 0 radical (unpaired) electrons. The van der Waals surface area contributed by atoms with Gasteiger partial charge in [-0.2, -0.15) is 0 Å². The summed E-state index contributed by atoms with van der Waals surface area (Å²) in [7, 11) is 4.11. The molecule has 0 aliphatic heterocycles. The highest BCUT2D eigenvalue weighted by atomic mass is 15.1. The minimum atomic E-state index is 0.851. The fraction of sp³-hybridized carbons (Fsp3) is 0.750. The number of anilines is 1. The molecule has 110 valence electrons. The summed E-state index contributed by atoms with van der Waals surface area (Å²) in [4.78, 5) is 11.5. The van der Waals surface area contributed by atoms with Crippen molar-refractivity contribution in [2.45, 2.75) is 39.2 Å². The molecular formula is C16H26N4. The molecule has 1 aromatic heterocycles. The van der Waals surface area contributed by atoms with Crippen molar-refractivity contribution < 1.29 is 0 Å². The molecule has 20 heavy (non-hydrogen) atoms. The molecule has 3 atom stereocenters. The molecule has 1 aromatic rings. The number of hydrogen-bond acceptors (Lipinski definition) is 4. The lowest BCUT2D eigenvalue weighted by molar-refractivity contribution is 0.211. The second-order valence-electron chi connectivity index (χ2n) is 6.69. The standard InChI is InChI=1S/C16H26N4/c1-11-6-15(17-2)19-16(18-11)10-20(3)9-14-8-12-4-5-13(14)7-12/h6,12-14H,4-5,7-10H2,1-3H3,(H,17,18,19). The van der Waals surface area contributed by atoms with Crippen LogP contribution in [0, 0.1) is 24.7 Å². The van der Waals surface area contributed by atoms with Crippen LogP contribution >= 0.6 is 0 Å². The molecule has 0 amide bonds. The molecule has 0 aromatic carbocycles. The number of hydrogen-bond donors (Lipinski definition) is 1. The van der Waals surface area contributed by atoms with Crippen LogP contribution in [0.15, 0.2) is 6.07 Å². The van der Waals surface area contributed by atoms with E-state index < -0.39 is 0 Å². The van der Waals surface area contributed by atoms with Gasteiger partial charge in [0.1, 0.15) is 11.6 Å². The SMILES string of the molecule is CNc1cc(C)nc(CN(C)CC2CC3CCC2C3)n1. The molecule has 2 aliphatic carbocycles. The Hall–Kier alpha value is -1.16. The summed E-state index contributed by atoms with van der Waals surface area (Å²) in [6.07, 6.45) is 5.89. The summed E-state index contributed by atoms with van der Waals surface area (Å²) in [5.41, 5.74) is 1.03. The van der Waals surface area contributed by atoms with Crippen molar-refractivity contribution in [2.75, 3.05) is 26.0 Å². The minimum Gasteiger partial charge on any atom is -0.373 e. The van der Waals surface area contributed by atoms with Gasteiger partial charge in [-0.1, -0.05) is 6.42 Å². The molecule has 1 heterocycles. The Balaban J connectivity index is 1.58. The van der Waals surface area contributed by atoms with E-state index in [0.29, 0.717) is 0 Å². The molecule has 0 spiro atoms. The van der Waals surface area contributed by atoms with E-state index >= 15 is 0 Å². The first-order valence-electron chi connectivity index (χ1n) is 7.85. The number of aryl methyl sites for hydroxylation is 1. The van der Waals surface area contributed by atoms with Crippen molar-refractivity contribution in [1.82, 2.24) is 14.9 Å². The van der Waals surface area contributed by atoms with Crippen molar-refractivity contribution in [1.29, 1.82) is 0 Å². The Morgan fingerprint density at radius 2 is 2.15 bits per heavy atom. The second-order valence-corrected chi connectivity index (χ2v) is 6.69. The van der Waals surface area contributed by atoms with E-state index in [1.807, 2.05) is 20.0 Å². The van der Waals surface area contributed by atoms with Crippen LogP contribution in [0.2, 0.25) is 0 Å². The van der Waals surface area contributed by atoms with E-state index in [2.05, 4.69) is 27.2 Å². The van der Waals surface area contributed by atoms with Gasteiger partial charge in [0.25, 0.3) is 0 Å². The monoisotopic (exact) mass is 274 g/mol. The smallest absolute Gasteiger partial charge is 0.144 e. The molecule has 2 saturated carbocycles. The molecule has 0 saturated heterocycles. The molecule has 3 rings (SSSR count). The normalized spacial score (nSPS) is 28.3. The number of nitrogens with one attached hydrogen (secondary N) is 1. The summed E-state index contributed by atoms with van der Waals surface area (Å²) >= 11 is 0. The third kappa shape index (κ3) is 2.95. The Labute approximate surface area is 122 Å². The van der Waals surface area contributed by atoms with Crippen molar-refractivity contribution in [3.05, 3.63) is 17.6 Å². The van der Waals surface area contributed by atoms with E-state index in [0.717, 1.165) is 41.6 Å². The number of nitrogens with zero attached hydrogens (tertiary/aromatic N) is 3. The number of fused-ring (bicyclic) bond motifs is 2. The Kier molecular flexibility index (Phi) is 3.92. The van der Waals surface area contributed by atoms with Gasteiger partial charge in [-0.05, 0) is 51.0 Å². The third-order valence-electron chi connectivity index (χ3n) is 5.00. The molecule has 2 bridgehead atoms. The van der Waals surface area contributed by atoms with E-state index in [9.17, 15) is 0 Å². The average molecular weight is 274 g/mol. The van der Waals surface area contributed by atoms with Crippen LogP contribution in [-0.4, -0.2) is 35.5 Å². The fourth-order valence-electron chi connectivity index (χ4n) is 4.14. The lowest BCUT2D eigenvalue weighted by Gasteiger charge is -2.26. The van der Waals surface area contributed by atoms with Gasteiger partial charge in [0.15, 0.2) is 0 Å². The van der Waals surface area contributed by atoms with Gasteiger partial charge in [-0.25, -0.2) is 9.97 Å². The zero-order valence-corrected chi connectivity index (χ0v) is 12.9. The van der Waals surface area contributed by atoms with E-state index in [-0.39, 0.29) is 0 Å². The van der Waals surface area contributed by atoms with Crippen LogP contribution in [0.3, 0.4) is 0 Å². The topological polar surface area (TPSA) is 41.1 Å². The number of rotatable bonds is 5. The quantitative estimate of drug-likeness (QED) is 0.896. The fourth-order valence-corrected chi connectivity index (χ4v) is 4.14. The first kappa shape index (κ1) is 13.8. The van der Waals surface area contributed by atoms with Crippen LogP contribution in [0.1, 0.15) is 37.2 Å². The summed E-state index contributed by atoms with van der Waals surface area (Å²) < 4.78 is 0. The van der Waals surface area contributed by atoms with E-state index in [1.165, 1.54) is 32.2 Å². The van der Waals surface area contributed by atoms with Gasteiger partial charge in [-0.15, -0.1) is 0 Å². The zero-order valence-electron chi connectivity index (χ0n) is 12.9. The van der Waals surface area contributed by atoms with Crippen molar-refractivity contribution in [2.24, 2.45) is 17.8 Å². The third-order valence-corrected chi connectivity index (χ3v) is 5.00. The summed E-state index contributed by atoms with van der Waals surface area (Å²) in [6, 6.07) is 1.99. The second kappa shape index (κ2) is 5.68. The maximum absolute atomic E-state index is 4.55. The minimum absolute atomic E-state index is 0.851.